The van der Waals surface area contributed by atoms with Crippen molar-refractivity contribution in [3.05, 3.63) is 87.9 Å². The minimum absolute atomic E-state index is 0.0620. The standard InChI is InChI=1S/C27H26BrN3O4/c28-20-5-3-4-19(15-20)26(32)30-21-10-12-31(13-11-21)23-7-2-1-6-22(23)27(33)29-16-18-8-9-24-25(14-18)35-17-34-24/h1-9,14-15,21H,10-13,16-17H2,(H,29,33)(H,30,32). The van der Waals surface area contributed by atoms with Gasteiger partial charge in [-0.3, -0.25) is 9.59 Å². The Morgan fingerprint density at radius 1 is 0.914 bits per heavy atom. The summed E-state index contributed by atoms with van der Waals surface area (Å²) in [5.74, 6) is 1.24. The zero-order chi connectivity index (χ0) is 24.2. The van der Waals surface area contributed by atoms with E-state index in [1.807, 2.05) is 66.7 Å². The quantitative estimate of drug-likeness (QED) is 0.485. The Morgan fingerprint density at radius 3 is 2.54 bits per heavy atom. The molecule has 0 bridgehead atoms. The van der Waals surface area contributed by atoms with Crippen molar-refractivity contribution in [2.75, 3.05) is 24.8 Å². The SMILES string of the molecule is O=C(NC1CCN(c2ccccc2C(=O)NCc2ccc3c(c2)OCO3)CC1)c1cccc(Br)c1. The third-order valence-corrected chi connectivity index (χ3v) is 6.79. The maximum absolute atomic E-state index is 13.1. The normalized spacial score (nSPS) is 15.1. The molecular formula is C27H26BrN3O4. The van der Waals surface area contributed by atoms with Crippen LogP contribution in [0.3, 0.4) is 0 Å². The van der Waals surface area contributed by atoms with Crippen molar-refractivity contribution in [2.45, 2.75) is 25.4 Å². The number of fused-ring (bicyclic) bond motifs is 1. The summed E-state index contributed by atoms with van der Waals surface area (Å²) >= 11 is 3.41. The summed E-state index contributed by atoms with van der Waals surface area (Å²) in [6.45, 7) is 2.14. The molecule has 2 amide bonds. The van der Waals surface area contributed by atoms with Crippen molar-refractivity contribution < 1.29 is 19.1 Å². The monoisotopic (exact) mass is 535 g/mol. The highest BCUT2D eigenvalue weighted by Crippen LogP contribution is 2.32. The molecule has 0 atom stereocenters. The van der Waals surface area contributed by atoms with E-state index < -0.39 is 0 Å². The van der Waals surface area contributed by atoms with Gasteiger partial charge in [0, 0.05) is 41.4 Å². The van der Waals surface area contributed by atoms with Gasteiger partial charge in [-0.2, -0.15) is 0 Å². The second-order valence-electron chi connectivity index (χ2n) is 8.63. The van der Waals surface area contributed by atoms with Crippen molar-refractivity contribution in [3.8, 4) is 11.5 Å². The number of para-hydroxylation sites is 1. The van der Waals surface area contributed by atoms with Crippen LogP contribution in [0.5, 0.6) is 11.5 Å². The molecule has 2 N–H and O–H groups in total. The lowest BCUT2D eigenvalue weighted by atomic mass is 10.0. The summed E-state index contributed by atoms with van der Waals surface area (Å²) in [7, 11) is 0. The Balaban J connectivity index is 1.18. The number of nitrogens with zero attached hydrogens (tertiary/aromatic N) is 1. The summed E-state index contributed by atoms with van der Waals surface area (Å²) in [5.41, 5.74) is 3.14. The molecule has 8 heteroatoms. The zero-order valence-electron chi connectivity index (χ0n) is 19.1. The summed E-state index contributed by atoms with van der Waals surface area (Å²) in [6.07, 6.45) is 1.62. The molecule has 3 aromatic rings. The minimum atomic E-state index is -0.122. The third-order valence-electron chi connectivity index (χ3n) is 6.30. The van der Waals surface area contributed by atoms with E-state index in [9.17, 15) is 9.59 Å². The number of piperidine rings is 1. The van der Waals surface area contributed by atoms with E-state index in [4.69, 9.17) is 9.47 Å². The predicted molar refractivity (Wildman–Crippen MR) is 137 cm³/mol. The van der Waals surface area contributed by atoms with E-state index in [1.54, 1.807) is 0 Å². The Kier molecular flexibility index (Phi) is 6.90. The van der Waals surface area contributed by atoms with Crippen LogP contribution >= 0.6 is 15.9 Å². The average Bonchev–Trinajstić information content (AvgIpc) is 3.36. The zero-order valence-corrected chi connectivity index (χ0v) is 20.7. The number of ether oxygens (including phenoxy) is 2. The lowest BCUT2D eigenvalue weighted by Gasteiger charge is -2.35. The van der Waals surface area contributed by atoms with Crippen LogP contribution in [0.25, 0.3) is 0 Å². The number of amides is 2. The number of halogens is 1. The second-order valence-corrected chi connectivity index (χ2v) is 9.55. The molecule has 5 rings (SSSR count). The van der Waals surface area contributed by atoms with Gasteiger partial charge in [-0.15, -0.1) is 0 Å². The van der Waals surface area contributed by atoms with Crippen molar-refractivity contribution in [1.82, 2.24) is 10.6 Å². The molecule has 1 fully saturated rings. The molecule has 2 aliphatic heterocycles. The first kappa shape index (κ1) is 23.2. The second kappa shape index (κ2) is 10.4. The Labute approximate surface area is 212 Å². The van der Waals surface area contributed by atoms with Crippen LogP contribution in [0.2, 0.25) is 0 Å². The smallest absolute Gasteiger partial charge is 0.253 e. The number of hydrogen-bond acceptors (Lipinski definition) is 5. The number of anilines is 1. The highest BCUT2D eigenvalue weighted by atomic mass is 79.9. The van der Waals surface area contributed by atoms with E-state index in [0.29, 0.717) is 23.4 Å². The summed E-state index contributed by atoms with van der Waals surface area (Å²) < 4.78 is 11.7. The molecule has 0 unspecified atom stereocenters. The van der Waals surface area contributed by atoms with Crippen LogP contribution in [-0.2, 0) is 6.54 Å². The van der Waals surface area contributed by atoms with E-state index >= 15 is 0 Å². The van der Waals surface area contributed by atoms with Crippen molar-refractivity contribution >= 4 is 33.4 Å². The fourth-order valence-corrected chi connectivity index (χ4v) is 4.83. The van der Waals surface area contributed by atoms with Gasteiger partial charge in [-0.1, -0.05) is 40.2 Å². The van der Waals surface area contributed by atoms with E-state index in [1.165, 1.54) is 0 Å². The molecule has 0 saturated carbocycles. The van der Waals surface area contributed by atoms with Crippen LogP contribution in [0, 0.1) is 0 Å². The predicted octanol–water partition coefficient (Wildman–Crippen LogP) is 4.51. The number of hydrogen-bond donors (Lipinski definition) is 2. The summed E-state index contributed by atoms with van der Waals surface area (Å²) in [4.78, 5) is 27.9. The van der Waals surface area contributed by atoms with Crippen LogP contribution in [0.4, 0.5) is 5.69 Å². The van der Waals surface area contributed by atoms with E-state index in [2.05, 4.69) is 31.5 Å². The molecule has 0 aliphatic carbocycles. The van der Waals surface area contributed by atoms with Crippen LogP contribution in [0.15, 0.2) is 71.2 Å². The van der Waals surface area contributed by atoms with Crippen LogP contribution < -0.4 is 25.0 Å². The summed E-state index contributed by atoms with van der Waals surface area (Å²) in [6, 6.07) is 20.8. The highest BCUT2D eigenvalue weighted by molar-refractivity contribution is 9.10. The maximum atomic E-state index is 13.1. The molecular weight excluding hydrogens is 510 g/mol. The van der Waals surface area contributed by atoms with Gasteiger partial charge in [0.05, 0.1) is 5.56 Å². The van der Waals surface area contributed by atoms with Crippen LogP contribution in [-0.4, -0.2) is 37.7 Å². The molecule has 1 saturated heterocycles. The minimum Gasteiger partial charge on any atom is -0.454 e. The van der Waals surface area contributed by atoms with Crippen LogP contribution in [0.1, 0.15) is 39.1 Å². The topological polar surface area (TPSA) is 79.9 Å². The van der Waals surface area contributed by atoms with E-state index in [0.717, 1.165) is 47.4 Å². The molecule has 3 aromatic carbocycles. The number of benzene rings is 3. The fraction of sp³-hybridized carbons (Fsp3) is 0.259. The summed E-state index contributed by atoms with van der Waals surface area (Å²) in [5, 5.41) is 6.16. The highest BCUT2D eigenvalue weighted by Gasteiger charge is 2.24. The fourth-order valence-electron chi connectivity index (χ4n) is 4.43. The first-order valence-electron chi connectivity index (χ1n) is 11.6. The van der Waals surface area contributed by atoms with Gasteiger partial charge in [0.15, 0.2) is 11.5 Å². The van der Waals surface area contributed by atoms with Crippen molar-refractivity contribution in [3.63, 3.8) is 0 Å². The lowest BCUT2D eigenvalue weighted by molar-refractivity contribution is 0.0929. The van der Waals surface area contributed by atoms with Gasteiger partial charge >= 0.3 is 0 Å². The number of rotatable bonds is 6. The number of carbonyl (C=O) groups excluding carboxylic acids is 2. The number of nitrogens with one attached hydrogen (secondary N) is 2. The third kappa shape index (κ3) is 5.43. The molecule has 35 heavy (non-hydrogen) atoms. The van der Waals surface area contributed by atoms with Crippen molar-refractivity contribution in [2.24, 2.45) is 0 Å². The van der Waals surface area contributed by atoms with Gasteiger partial charge < -0.3 is 25.0 Å². The average molecular weight is 536 g/mol. The van der Waals surface area contributed by atoms with E-state index in [-0.39, 0.29) is 24.6 Å². The maximum Gasteiger partial charge on any atom is 0.253 e. The van der Waals surface area contributed by atoms with Gasteiger partial charge in [0.1, 0.15) is 0 Å². The molecule has 0 radical (unpaired) electrons. The van der Waals surface area contributed by atoms with Gasteiger partial charge in [0.2, 0.25) is 6.79 Å². The van der Waals surface area contributed by atoms with Crippen molar-refractivity contribution in [1.29, 1.82) is 0 Å². The molecule has 2 heterocycles. The lowest BCUT2D eigenvalue weighted by Crippen LogP contribution is -2.45. The molecule has 0 aromatic heterocycles. The van der Waals surface area contributed by atoms with Gasteiger partial charge in [0.25, 0.3) is 11.8 Å². The molecule has 0 spiro atoms. The van der Waals surface area contributed by atoms with Gasteiger partial charge in [-0.05, 0) is 60.9 Å². The largest absolute Gasteiger partial charge is 0.454 e. The number of carbonyl (C=O) groups is 2. The molecule has 7 nitrogen and oxygen atoms in total. The van der Waals surface area contributed by atoms with Gasteiger partial charge in [-0.25, -0.2) is 0 Å². The Morgan fingerprint density at radius 2 is 1.71 bits per heavy atom. The Hall–Kier alpha value is -3.52. The Bertz CT molecular complexity index is 1240. The first-order chi connectivity index (χ1) is 17.1. The molecule has 2 aliphatic rings. The molecule has 180 valence electrons. The first-order valence-corrected chi connectivity index (χ1v) is 12.4.